The van der Waals surface area contributed by atoms with Gasteiger partial charge in [-0.3, -0.25) is 0 Å². The Morgan fingerprint density at radius 2 is 1.77 bits per heavy atom. The zero-order valence-electron chi connectivity index (χ0n) is 17.3. The van der Waals surface area contributed by atoms with Gasteiger partial charge in [0.2, 0.25) is 11.6 Å². The minimum Gasteiger partial charge on any atom is -0.497 e. The number of benzene rings is 2. The summed E-state index contributed by atoms with van der Waals surface area (Å²) in [5.41, 5.74) is 3.27. The van der Waals surface area contributed by atoms with Gasteiger partial charge < -0.3 is 19.0 Å². The van der Waals surface area contributed by atoms with E-state index in [2.05, 4.69) is 9.97 Å². The number of hydrogen-bond donors (Lipinski definition) is 1. The molecule has 0 radical (unpaired) electrons. The van der Waals surface area contributed by atoms with Crippen LogP contribution in [-0.2, 0) is 0 Å². The molecular formula is C25H24N2O4. The molecule has 1 aliphatic rings. The van der Waals surface area contributed by atoms with E-state index in [-0.39, 0.29) is 12.2 Å². The Balaban J connectivity index is 1.68. The Labute approximate surface area is 180 Å². The molecule has 2 aromatic heterocycles. The lowest BCUT2D eigenvalue weighted by Gasteiger charge is -2.26. The molecule has 1 aliphatic carbocycles. The number of aliphatic hydroxyl groups is 1. The van der Waals surface area contributed by atoms with E-state index in [1.807, 2.05) is 54.6 Å². The molecule has 2 atom stereocenters. The Hall–Kier alpha value is -3.38. The number of nitrogens with zero attached hydrogens (tertiary/aromatic N) is 2. The maximum atomic E-state index is 10.1. The second-order valence-corrected chi connectivity index (χ2v) is 7.82. The van der Waals surface area contributed by atoms with Crippen molar-refractivity contribution in [3.63, 3.8) is 0 Å². The van der Waals surface area contributed by atoms with E-state index in [1.54, 1.807) is 7.11 Å². The van der Waals surface area contributed by atoms with E-state index >= 15 is 0 Å². The van der Waals surface area contributed by atoms with Gasteiger partial charge in [0.25, 0.3) is 0 Å². The van der Waals surface area contributed by atoms with Gasteiger partial charge in [-0.15, -0.1) is 0 Å². The van der Waals surface area contributed by atoms with Crippen molar-refractivity contribution in [2.45, 2.75) is 37.9 Å². The summed E-state index contributed by atoms with van der Waals surface area (Å²) in [7, 11) is 1.65. The molecule has 0 aliphatic heterocycles. The van der Waals surface area contributed by atoms with Crippen LogP contribution in [0.3, 0.4) is 0 Å². The molecular weight excluding hydrogens is 392 g/mol. The predicted octanol–water partition coefficient (Wildman–Crippen LogP) is 5.25. The van der Waals surface area contributed by atoms with Crippen LogP contribution in [0.25, 0.3) is 33.6 Å². The Kier molecular flexibility index (Phi) is 5.30. The van der Waals surface area contributed by atoms with Crippen molar-refractivity contribution in [3.05, 3.63) is 60.9 Å². The van der Waals surface area contributed by atoms with Gasteiger partial charge in [-0.25, -0.2) is 9.97 Å². The van der Waals surface area contributed by atoms with E-state index in [4.69, 9.17) is 13.9 Å². The maximum absolute atomic E-state index is 10.1. The molecule has 2 aromatic carbocycles. The highest BCUT2D eigenvalue weighted by molar-refractivity contribution is 6.03. The SMILES string of the molecule is COc1ccc(-c2c(-c3ccccc3)oc3ncnc(O[C@H]4CCC[C@@H](O)C4)c23)cc1. The Morgan fingerprint density at radius 3 is 2.52 bits per heavy atom. The molecule has 2 heterocycles. The Morgan fingerprint density at radius 1 is 0.968 bits per heavy atom. The third-order valence-corrected chi connectivity index (χ3v) is 5.74. The molecule has 1 N–H and O–H groups in total. The molecule has 1 fully saturated rings. The predicted molar refractivity (Wildman–Crippen MR) is 118 cm³/mol. The van der Waals surface area contributed by atoms with Crippen molar-refractivity contribution >= 4 is 11.1 Å². The number of aromatic nitrogens is 2. The summed E-state index contributed by atoms with van der Waals surface area (Å²) in [5.74, 6) is 1.98. The zero-order valence-corrected chi connectivity index (χ0v) is 17.3. The van der Waals surface area contributed by atoms with Crippen molar-refractivity contribution in [2.24, 2.45) is 0 Å². The lowest BCUT2D eigenvalue weighted by atomic mass is 9.95. The van der Waals surface area contributed by atoms with Gasteiger partial charge in [-0.2, -0.15) is 0 Å². The number of fused-ring (bicyclic) bond motifs is 1. The van der Waals surface area contributed by atoms with Gasteiger partial charge in [0.05, 0.1) is 13.2 Å². The molecule has 0 saturated heterocycles. The summed E-state index contributed by atoms with van der Waals surface area (Å²) >= 11 is 0. The molecule has 0 spiro atoms. The summed E-state index contributed by atoms with van der Waals surface area (Å²) in [6, 6.07) is 17.8. The van der Waals surface area contributed by atoms with E-state index in [0.717, 1.165) is 52.8 Å². The Bertz CT molecular complexity index is 1170. The smallest absolute Gasteiger partial charge is 0.234 e. The first-order valence-electron chi connectivity index (χ1n) is 10.5. The second kappa shape index (κ2) is 8.40. The minimum atomic E-state index is -0.332. The van der Waals surface area contributed by atoms with Gasteiger partial charge in [0.1, 0.15) is 29.3 Å². The highest BCUT2D eigenvalue weighted by atomic mass is 16.5. The maximum Gasteiger partial charge on any atom is 0.234 e. The third kappa shape index (κ3) is 3.86. The van der Waals surface area contributed by atoms with Crippen LogP contribution in [0.2, 0.25) is 0 Å². The highest BCUT2D eigenvalue weighted by Crippen LogP contribution is 2.44. The number of methoxy groups -OCH3 is 1. The van der Waals surface area contributed by atoms with Gasteiger partial charge in [0.15, 0.2) is 0 Å². The highest BCUT2D eigenvalue weighted by Gasteiger charge is 2.27. The minimum absolute atomic E-state index is 0.0827. The van der Waals surface area contributed by atoms with Gasteiger partial charge in [-0.1, -0.05) is 42.5 Å². The van der Waals surface area contributed by atoms with Crippen LogP contribution in [0.5, 0.6) is 11.6 Å². The van der Waals surface area contributed by atoms with Crippen molar-refractivity contribution < 1.29 is 19.0 Å². The summed E-state index contributed by atoms with van der Waals surface area (Å²) < 4.78 is 17.9. The fourth-order valence-corrected chi connectivity index (χ4v) is 4.21. The van der Waals surface area contributed by atoms with Crippen molar-refractivity contribution in [3.8, 4) is 34.1 Å². The van der Waals surface area contributed by atoms with Crippen LogP contribution in [0.1, 0.15) is 25.7 Å². The van der Waals surface area contributed by atoms with Gasteiger partial charge >= 0.3 is 0 Å². The van der Waals surface area contributed by atoms with Crippen LogP contribution in [0.15, 0.2) is 65.3 Å². The molecule has 0 bridgehead atoms. The van der Waals surface area contributed by atoms with Crippen LogP contribution in [-0.4, -0.2) is 34.4 Å². The molecule has 0 amide bonds. The zero-order chi connectivity index (χ0) is 21.2. The lowest BCUT2D eigenvalue weighted by Crippen LogP contribution is -2.28. The van der Waals surface area contributed by atoms with Crippen molar-refractivity contribution in [2.75, 3.05) is 7.11 Å². The van der Waals surface area contributed by atoms with Gasteiger partial charge in [0, 0.05) is 17.5 Å². The third-order valence-electron chi connectivity index (χ3n) is 5.74. The summed E-state index contributed by atoms with van der Waals surface area (Å²) in [6.07, 6.45) is 4.30. The number of furan rings is 1. The average molecular weight is 416 g/mol. The molecule has 6 nitrogen and oxygen atoms in total. The topological polar surface area (TPSA) is 77.6 Å². The van der Waals surface area contributed by atoms with Crippen LogP contribution < -0.4 is 9.47 Å². The first kappa shape index (κ1) is 19.6. The van der Waals surface area contributed by atoms with Gasteiger partial charge in [-0.05, 0) is 37.0 Å². The van der Waals surface area contributed by atoms with Crippen LogP contribution in [0.4, 0.5) is 0 Å². The van der Waals surface area contributed by atoms with E-state index < -0.39 is 0 Å². The van der Waals surface area contributed by atoms with E-state index in [1.165, 1.54) is 6.33 Å². The van der Waals surface area contributed by atoms with E-state index in [0.29, 0.717) is 18.0 Å². The number of aliphatic hydroxyl groups excluding tert-OH is 1. The van der Waals surface area contributed by atoms with E-state index in [9.17, 15) is 5.11 Å². The fourth-order valence-electron chi connectivity index (χ4n) is 4.21. The molecule has 6 heteroatoms. The molecule has 0 unspecified atom stereocenters. The quantitative estimate of drug-likeness (QED) is 0.479. The number of ether oxygens (including phenoxy) is 2. The molecule has 4 aromatic rings. The molecule has 1 saturated carbocycles. The largest absolute Gasteiger partial charge is 0.497 e. The second-order valence-electron chi connectivity index (χ2n) is 7.82. The van der Waals surface area contributed by atoms with Crippen molar-refractivity contribution in [1.82, 2.24) is 9.97 Å². The van der Waals surface area contributed by atoms with Crippen LogP contribution >= 0.6 is 0 Å². The summed E-state index contributed by atoms with van der Waals surface area (Å²) in [4.78, 5) is 8.84. The molecule has 5 rings (SSSR count). The summed E-state index contributed by atoms with van der Waals surface area (Å²) in [5, 5.41) is 10.8. The normalized spacial score (nSPS) is 18.8. The van der Waals surface area contributed by atoms with Crippen LogP contribution in [0, 0.1) is 0 Å². The van der Waals surface area contributed by atoms with Crippen molar-refractivity contribution in [1.29, 1.82) is 0 Å². The number of rotatable bonds is 5. The first-order valence-corrected chi connectivity index (χ1v) is 10.5. The average Bonchev–Trinajstić information content (AvgIpc) is 3.20. The molecule has 31 heavy (non-hydrogen) atoms. The number of hydrogen-bond acceptors (Lipinski definition) is 6. The molecule has 158 valence electrons. The monoisotopic (exact) mass is 416 g/mol. The first-order chi connectivity index (χ1) is 15.2. The fraction of sp³-hybridized carbons (Fsp3) is 0.280. The lowest BCUT2D eigenvalue weighted by molar-refractivity contribution is 0.0522. The summed E-state index contributed by atoms with van der Waals surface area (Å²) in [6.45, 7) is 0. The standard InChI is InChI=1S/C25H24N2O4/c1-29-19-12-10-16(11-13-19)21-22-24(30-20-9-5-8-18(28)14-20)26-15-27-25(22)31-23(21)17-6-3-2-4-7-17/h2-4,6-7,10-13,15,18,20,28H,5,8-9,14H2,1H3/t18-,20+/m1/s1.